The van der Waals surface area contributed by atoms with Gasteiger partial charge in [-0.05, 0) is 18.6 Å². The van der Waals surface area contributed by atoms with Crippen LogP contribution in [0.5, 0.6) is 0 Å². The van der Waals surface area contributed by atoms with Crippen molar-refractivity contribution in [2.75, 3.05) is 13.7 Å². The molecule has 0 amide bonds. The van der Waals surface area contributed by atoms with Gasteiger partial charge < -0.3 is 15.2 Å². The zero-order valence-corrected chi connectivity index (χ0v) is 11.4. The molecule has 5 nitrogen and oxygen atoms in total. The number of carbonyl (C=O) groups excluding carboxylic acids is 1. The number of hydrogen-bond acceptors (Lipinski definition) is 5. The number of aliphatic imine (C=N–C) groups is 1. The first-order valence-electron chi connectivity index (χ1n) is 6.24. The minimum atomic E-state index is -0.550. The van der Waals surface area contributed by atoms with Gasteiger partial charge in [-0.15, -0.1) is 0 Å². The summed E-state index contributed by atoms with van der Waals surface area (Å²) in [5.41, 5.74) is 7.44. The van der Waals surface area contributed by atoms with Crippen LogP contribution in [0.1, 0.15) is 12.5 Å². The van der Waals surface area contributed by atoms with Crippen molar-refractivity contribution in [1.29, 1.82) is 0 Å². The van der Waals surface area contributed by atoms with E-state index in [2.05, 4.69) is 4.99 Å². The molecular weight excluding hydrogens is 256 g/mol. The van der Waals surface area contributed by atoms with E-state index in [9.17, 15) is 4.79 Å². The second kappa shape index (κ2) is 6.06. The third kappa shape index (κ3) is 2.71. The van der Waals surface area contributed by atoms with Crippen molar-refractivity contribution in [2.24, 2.45) is 10.7 Å². The van der Waals surface area contributed by atoms with Crippen molar-refractivity contribution in [3.05, 3.63) is 52.9 Å². The van der Waals surface area contributed by atoms with E-state index in [1.54, 1.807) is 0 Å². The van der Waals surface area contributed by atoms with Crippen LogP contribution in [0.2, 0.25) is 0 Å². The zero-order chi connectivity index (χ0) is 14.5. The van der Waals surface area contributed by atoms with Crippen molar-refractivity contribution in [1.82, 2.24) is 0 Å². The van der Waals surface area contributed by atoms with Crippen molar-refractivity contribution in [3.63, 3.8) is 0 Å². The third-order valence-corrected chi connectivity index (χ3v) is 2.74. The fourth-order valence-corrected chi connectivity index (χ4v) is 1.88. The molecule has 0 unspecified atom stereocenters. The molecule has 0 spiro atoms. The van der Waals surface area contributed by atoms with Gasteiger partial charge >= 0.3 is 5.97 Å². The highest BCUT2D eigenvalue weighted by molar-refractivity contribution is 6.21. The number of hydrogen-bond donors (Lipinski definition) is 1. The lowest BCUT2D eigenvalue weighted by molar-refractivity contribution is -0.135. The molecule has 0 saturated heterocycles. The van der Waals surface area contributed by atoms with Crippen LogP contribution in [0.15, 0.2) is 52.4 Å². The normalized spacial score (nSPS) is 16.3. The first kappa shape index (κ1) is 13.9. The van der Waals surface area contributed by atoms with Crippen LogP contribution in [0.3, 0.4) is 0 Å². The number of nitrogens with zero attached hydrogens (tertiary/aromatic N) is 1. The number of methoxy groups -OCH3 is 1. The smallest absolute Gasteiger partial charge is 0.345 e. The summed E-state index contributed by atoms with van der Waals surface area (Å²) in [6.07, 6.45) is 1.81. The van der Waals surface area contributed by atoms with Crippen molar-refractivity contribution < 1.29 is 14.3 Å². The van der Waals surface area contributed by atoms with Crippen LogP contribution in [0, 0.1) is 0 Å². The van der Waals surface area contributed by atoms with E-state index >= 15 is 0 Å². The first-order chi connectivity index (χ1) is 9.67. The van der Waals surface area contributed by atoms with Gasteiger partial charge in [0.2, 0.25) is 0 Å². The minimum Gasteiger partial charge on any atom is -0.491 e. The number of ether oxygens (including phenoxy) is 2. The highest BCUT2D eigenvalue weighted by atomic mass is 16.5. The van der Waals surface area contributed by atoms with Crippen molar-refractivity contribution in [3.8, 4) is 0 Å². The predicted octanol–water partition coefficient (Wildman–Crippen LogP) is 1.86. The minimum absolute atomic E-state index is 0.113. The van der Waals surface area contributed by atoms with Gasteiger partial charge in [-0.3, -0.25) is 0 Å². The molecule has 1 aromatic carbocycles. The summed E-state index contributed by atoms with van der Waals surface area (Å²) in [6.45, 7) is 2.24. The summed E-state index contributed by atoms with van der Waals surface area (Å²) in [4.78, 5) is 15.9. The zero-order valence-electron chi connectivity index (χ0n) is 11.4. The summed E-state index contributed by atoms with van der Waals surface area (Å²) >= 11 is 0. The third-order valence-electron chi connectivity index (χ3n) is 2.74. The Morgan fingerprint density at radius 1 is 1.35 bits per heavy atom. The second-order valence-corrected chi connectivity index (χ2v) is 4.07. The fraction of sp³-hybridized carbons (Fsp3) is 0.200. The Bertz CT molecular complexity index is 601. The molecule has 0 aromatic heterocycles. The maximum atomic E-state index is 11.8. The standard InChI is InChI=1S/C15H16N2O3/c1-3-20-13-11(9-10-7-5-4-6-8-10)17-14(16)12(13)15(18)19-2/h4-9H,3H2,1-2H3,(H2,16,17)/b11-9-. The fourth-order valence-electron chi connectivity index (χ4n) is 1.88. The van der Waals surface area contributed by atoms with E-state index in [1.807, 2.05) is 43.3 Å². The Morgan fingerprint density at radius 3 is 2.65 bits per heavy atom. The van der Waals surface area contributed by atoms with Gasteiger partial charge in [-0.25, -0.2) is 9.79 Å². The second-order valence-electron chi connectivity index (χ2n) is 4.07. The molecule has 0 saturated carbocycles. The molecule has 5 heteroatoms. The molecule has 20 heavy (non-hydrogen) atoms. The van der Waals surface area contributed by atoms with Gasteiger partial charge in [0, 0.05) is 0 Å². The number of benzene rings is 1. The highest BCUT2D eigenvalue weighted by Gasteiger charge is 2.29. The Labute approximate surface area is 117 Å². The number of nitrogens with two attached hydrogens (primary N) is 1. The quantitative estimate of drug-likeness (QED) is 0.849. The Morgan fingerprint density at radius 2 is 2.05 bits per heavy atom. The van der Waals surface area contributed by atoms with Gasteiger partial charge in [-0.2, -0.15) is 0 Å². The lowest BCUT2D eigenvalue weighted by atomic mass is 10.1. The van der Waals surface area contributed by atoms with Crippen molar-refractivity contribution >= 4 is 17.9 Å². The van der Waals surface area contributed by atoms with E-state index in [0.717, 1.165) is 5.56 Å². The number of rotatable bonds is 4. The van der Waals surface area contributed by atoms with Crippen LogP contribution >= 0.6 is 0 Å². The average Bonchev–Trinajstić information content (AvgIpc) is 2.76. The van der Waals surface area contributed by atoms with Gasteiger partial charge in [-0.1, -0.05) is 30.3 Å². The largest absolute Gasteiger partial charge is 0.491 e. The lowest BCUT2D eigenvalue weighted by Gasteiger charge is -2.07. The van der Waals surface area contributed by atoms with Crippen LogP contribution in [0.25, 0.3) is 6.08 Å². The molecule has 0 fully saturated rings. The Hall–Kier alpha value is -2.56. The van der Waals surface area contributed by atoms with Crippen LogP contribution in [-0.4, -0.2) is 25.5 Å². The van der Waals surface area contributed by atoms with E-state index in [0.29, 0.717) is 18.1 Å². The topological polar surface area (TPSA) is 73.9 Å². The van der Waals surface area contributed by atoms with Gasteiger partial charge in [0.05, 0.1) is 13.7 Å². The molecule has 1 aliphatic heterocycles. The van der Waals surface area contributed by atoms with E-state index in [4.69, 9.17) is 15.2 Å². The number of esters is 1. The summed E-state index contributed by atoms with van der Waals surface area (Å²) in [5.74, 6) is -0.0747. The molecule has 2 rings (SSSR count). The maximum absolute atomic E-state index is 11.8. The van der Waals surface area contributed by atoms with Gasteiger partial charge in [0.25, 0.3) is 0 Å². The molecule has 0 atom stereocenters. The molecular formula is C15H16N2O3. The summed E-state index contributed by atoms with van der Waals surface area (Å²) in [5, 5.41) is 0. The summed E-state index contributed by atoms with van der Waals surface area (Å²) in [6, 6.07) is 9.61. The lowest BCUT2D eigenvalue weighted by Crippen LogP contribution is -2.21. The van der Waals surface area contributed by atoms with Crippen LogP contribution < -0.4 is 5.73 Å². The molecule has 1 aromatic rings. The van der Waals surface area contributed by atoms with Gasteiger partial charge in [0.15, 0.2) is 5.76 Å². The van der Waals surface area contributed by atoms with E-state index < -0.39 is 5.97 Å². The Kier molecular flexibility index (Phi) is 4.20. The SMILES string of the molecule is CCOC1=C(C(=O)OC)C(N)=N/C1=C\c1ccccc1. The van der Waals surface area contributed by atoms with E-state index in [-0.39, 0.29) is 11.4 Å². The Balaban J connectivity index is 2.46. The summed E-state index contributed by atoms with van der Waals surface area (Å²) in [7, 11) is 1.30. The number of amidine groups is 1. The molecule has 0 aliphatic carbocycles. The summed E-state index contributed by atoms with van der Waals surface area (Å²) < 4.78 is 10.2. The van der Waals surface area contributed by atoms with Gasteiger partial charge in [0.1, 0.15) is 17.1 Å². The maximum Gasteiger partial charge on any atom is 0.345 e. The molecule has 104 valence electrons. The molecule has 1 heterocycles. The highest BCUT2D eigenvalue weighted by Crippen LogP contribution is 2.27. The average molecular weight is 272 g/mol. The first-order valence-corrected chi connectivity index (χ1v) is 6.24. The number of carbonyl (C=O) groups is 1. The van der Waals surface area contributed by atoms with Crippen LogP contribution in [-0.2, 0) is 14.3 Å². The molecule has 0 radical (unpaired) electrons. The molecule has 2 N–H and O–H groups in total. The predicted molar refractivity (Wildman–Crippen MR) is 76.7 cm³/mol. The van der Waals surface area contributed by atoms with Crippen LogP contribution in [0.4, 0.5) is 0 Å². The van der Waals surface area contributed by atoms with E-state index in [1.165, 1.54) is 7.11 Å². The van der Waals surface area contributed by atoms with Crippen molar-refractivity contribution in [2.45, 2.75) is 6.92 Å². The monoisotopic (exact) mass is 272 g/mol. The molecule has 0 bridgehead atoms. The molecule has 1 aliphatic rings.